The molecule has 0 aliphatic rings. The lowest BCUT2D eigenvalue weighted by molar-refractivity contribution is -0.384. The van der Waals surface area contributed by atoms with Gasteiger partial charge in [0.05, 0.1) is 21.5 Å². The zero-order valence-electron chi connectivity index (χ0n) is 14.2. The molecular formula is C17H14F3N5O3. The van der Waals surface area contributed by atoms with E-state index < -0.39 is 28.3 Å². The van der Waals surface area contributed by atoms with E-state index in [2.05, 4.69) is 20.6 Å². The molecule has 2 aromatic carbocycles. The van der Waals surface area contributed by atoms with Gasteiger partial charge in [-0.15, -0.1) is 0 Å². The summed E-state index contributed by atoms with van der Waals surface area (Å²) in [5.74, 6) is -0.159. The number of nitrogens with zero attached hydrogens (tertiary/aromatic N) is 2. The molecule has 1 heterocycles. The number of H-pyrrole nitrogens is 1. The third kappa shape index (κ3) is 4.37. The molecule has 146 valence electrons. The summed E-state index contributed by atoms with van der Waals surface area (Å²) >= 11 is 0. The second-order valence-corrected chi connectivity index (χ2v) is 5.81. The maximum Gasteiger partial charge on any atom is 0.416 e. The number of amides is 1. The fourth-order valence-electron chi connectivity index (χ4n) is 2.53. The number of rotatable bonds is 6. The van der Waals surface area contributed by atoms with Crippen molar-refractivity contribution in [3.8, 4) is 0 Å². The zero-order chi connectivity index (χ0) is 20.3. The molecule has 0 aliphatic carbocycles. The molecule has 1 aromatic heterocycles. The first kappa shape index (κ1) is 19.1. The summed E-state index contributed by atoms with van der Waals surface area (Å²) < 4.78 is 38.1. The number of nitro groups is 1. The predicted molar refractivity (Wildman–Crippen MR) is 95.9 cm³/mol. The van der Waals surface area contributed by atoms with Crippen molar-refractivity contribution in [3.63, 3.8) is 0 Å². The molecule has 0 saturated carbocycles. The fraction of sp³-hybridized carbons (Fsp3) is 0.176. The number of carbonyl (C=O) groups is 1. The van der Waals surface area contributed by atoms with Crippen LogP contribution in [0.25, 0.3) is 11.0 Å². The van der Waals surface area contributed by atoms with Crippen LogP contribution in [-0.4, -0.2) is 27.3 Å². The first-order chi connectivity index (χ1) is 13.2. The average molecular weight is 393 g/mol. The predicted octanol–water partition coefficient (Wildman–Crippen LogP) is 3.93. The number of alkyl halides is 3. The van der Waals surface area contributed by atoms with Crippen molar-refractivity contribution in [2.24, 2.45) is 0 Å². The molecule has 8 nitrogen and oxygen atoms in total. The molecule has 0 spiro atoms. The van der Waals surface area contributed by atoms with Gasteiger partial charge in [-0.05, 0) is 24.3 Å². The maximum absolute atomic E-state index is 12.7. The van der Waals surface area contributed by atoms with Gasteiger partial charge >= 0.3 is 6.18 Å². The third-order valence-corrected chi connectivity index (χ3v) is 3.84. The number of anilines is 2. The Hall–Kier alpha value is -3.63. The number of hydrogen-bond acceptors (Lipinski definition) is 5. The van der Waals surface area contributed by atoms with Gasteiger partial charge in [-0.1, -0.05) is 12.1 Å². The molecular weight excluding hydrogens is 379 g/mol. The Morgan fingerprint density at radius 3 is 2.64 bits per heavy atom. The van der Waals surface area contributed by atoms with E-state index in [-0.39, 0.29) is 24.6 Å². The van der Waals surface area contributed by atoms with E-state index in [1.165, 1.54) is 0 Å². The number of fused-ring (bicyclic) bond motifs is 1. The SMILES string of the molecule is O=C(CCNc1ccc(C(F)(F)F)cc1[N+](=O)[O-])Nc1nc2ccccc2[nH]1. The van der Waals surface area contributed by atoms with Crippen molar-refractivity contribution in [1.29, 1.82) is 0 Å². The largest absolute Gasteiger partial charge is 0.416 e. The van der Waals surface area contributed by atoms with Gasteiger partial charge in [0.25, 0.3) is 5.69 Å². The highest BCUT2D eigenvalue weighted by molar-refractivity contribution is 5.91. The Kier molecular flexibility index (Phi) is 5.16. The van der Waals surface area contributed by atoms with E-state index in [4.69, 9.17) is 0 Å². The van der Waals surface area contributed by atoms with Crippen LogP contribution >= 0.6 is 0 Å². The van der Waals surface area contributed by atoms with Crippen LogP contribution in [0.4, 0.5) is 30.5 Å². The van der Waals surface area contributed by atoms with Crippen LogP contribution in [-0.2, 0) is 11.0 Å². The topological polar surface area (TPSA) is 113 Å². The van der Waals surface area contributed by atoms with E-state index >= 15 is 0 Å². The smallest absolute Gasteiger partial charge is 0.379 e. The maximum atomic E-state index is 12.7. The minimum absolute atomic E-state index is 0.0156. The summed E-state index contributed by atoms with van der Waals surface area (Å²) in [5.41, 5.74) is -0.512. The van der Waals surface area contributed by atoms with E-state index in [1.807, 2.05) is 6.07 Å². The lowest BCUT2D eigenvalue weighted by Gasteiger charge is -2.10. The Bertz CT molecular complexity index is 999. The summed E-state index contributed by atoms with van der Waals surface area (Å²) in [6.07, 6.45) is -4.76. The highest BCUT2D eigenvalue weighted by Gasteiger charge is 2.33. The van der Waals surface area contributed by atoms with Gasteiger partial charge in [-0.25, -0.2) is 4.98 Å². The fourth-order valence-corrected chi connectivity index (χ4v) is 2.53. The Balaban J connectivity index is 1.61. The molecule has 0 aliphatic heterocycles. The molecule has 28 heavy (non-hydrogen) atoms. The lowest BCUT2D eigenvalue weighted by Crippen LogP contribution is -2.17. The molecule has 0 saturated heterocycles. The van der Waals surface area contributed by atoms with Gasteiger partial charge in [-0.3, -0.25) is 20.2 Å². The molecule has 3 N–H and O–H groups in total. The highest BCUT2D eigenvalue weighted by atomic mass is 19.4. The molecule has 0 radical (unpaired) electrons. The lowest BCUT2D eigenvalue weighted by atomic mass is 10.1. The monoisotopic (exact) mass is 393 g/mol. The molecule has 0 fully saturated rings. The van der Waals surface area contributed by atoms with Crippen molar-refractivity contribution in [3.05, 3.63) is 58.1 Å². The van der Waals surface area contributed by atoms with Crippen molar-refractivity contribution < 1.29 is 22.9 Å². The second-order valence-electron chi connectivity index (χ2n) is 5.81. The minimum Gasteiger partial charge on any atom is -0.379 e. The van der Waals surface area contributed by atoms with Gasteiger partial charge in [0.2, 0.25) is 11.9 Å². The van der Waals surface area contributed by atoms with Gasteiger partial charge in [0, 0.05) is 19.0 Å². The summed E-state index contributed by atoms with van der Waals surface area (Å²) in [5, 5.41) is 16.2. The van der Waals surface area contributed by atoms with Gasteiger partial charge in [0.15, 0.2) is 0 Å². The van der Waals surface area contributed by atoms with Crippen LogP contribution in [0.3, 0.4) is 0 Å². The van der Waals surface area contributed by atoms with E-state index in [0.717, 1.165) is 17.6 Å². The molecule has 0 unspecified atom stereocenters. The summed E-state index contributed by atoms with van der Waals surface area (Å²) in [7, 11) is 0. The Morgan fingerprint density at radius 1 is 1.21 bits per heavy atom. The van der Waals surface area contributed by atoms with Crippen LogP contribution in [0.1, 0.15) is 12.0 Å². The van der Waals surface area contributed by atoms with Crippen LogP contribution in [0.15, 0.2) is 42.5 Å². The molecule has 3 rings (SSSR count). The average Bonchev–Trinajstić information content (AvgIpc) is 3.02. The number of imidazole rings is 1. The van der Waals surface area contributed by atoms with Crippen molar-refractivity contribution in [2.75, 3.05) is 17.2 Å². The van der Waals surface area contributed by atoms with E-state index in [9.17, 15) is 28.1 Å². The van der Waals surface area contributed by atoms with Gasteiger partial charge in [-0.2, -0.15) is 13.2 Å². The first-order valence-electron chi connectivity index (χ1n) is 8.08. The standard InChI is InChI=1S/C17H14F3N5O3/c18-17(19,20)10-5-6-13(14(9-10)25(27)28)21-8-7-15(26)24-16-22-11-3-1-2-4-12(11)23-16/h1-6,9,21H,7-8H2,(H2,22,23,24,26). The zero-order valence-corrected chi connectivity index (χ0v) is 14.2. The number of nitrogens with one attached hydrogen (secondary N) is 3. The summed E-state index contributed by atoms with van der Waals surface area (Å²) in [6, 6.07) is 9.34. The van der Waals surface area contributed by atoms with Crippen molar-refractivity contribution >= 4 is 34.3 Å². The van der Waals surface area contributed by atoms with Gasteiger partial charge < -0.3 is 10.3 Å². The number of halogens is 3. The molecule has 11 heteroatoms. The van der Waals surface area contributed by atoms with Crippen LogP contribution in [0, 0.1) is 10.1 Å². The van der Waals surface area contributed by atoms with E-state index in [1.54, 1.807) is 18.2 Å². The highest BCUT2D eigenvalue weighted by Crippen LogP contribution is 2.34. The number of aromatic amines is 1. The van der Waals surface area contributed by atoms with Crippen LogP contribution in [0.2, 0.25) is 0 Å². The quantitative estimate of drug-likeness (QED) is 0.434. The summed E-state index contributed by atoms with van der Waals surface area (Å²) in [6.45, 7) is -0.0156. The molecule has 0 atom stereocenters. The number of aromatic nitrogens is 2. The number of nitro benzene ring substituents is 1. The third-order valence-electron chi connectivity index (χ3n) is 3.84. The number of benzene rings is 2. The number of para-hydroxylation sites is 2. The minimum atomic E-state index is -4.68. The van der Waals surface area contributed by atoms with E-state index in [0.29, 0.717) is 11.6 Å². The van der Waals surface area contributed by atoms with Crippen LogP contribution < -0.4 is 10.6 Å². The van der Waals surface area contributed by atoms with Crippen molar-refractivity contribution in [2.45, 2.75) is 12.6 Å². The summed E-state index contributed by atoms with van der Waals surface area (Å²) in [4.78, 5) is 29.2. The normalized spacial score (nSPS) is 11.4. The molecule has 3 aromatic rings. The number of hydrogen-bond donors (Lipinski definition) is 3. The second kappa shape index (κ2) is 7.55. The van der Waals surface area contributed by atoms with Gasteiger partial charge in [0.1, 0.15) is 5.69 Å². The number of carbonyl (C=O) groups excluding carboxylic acids is 1. The Morgan fingerprint density at radius 2 is 1.96 bits per heavy atom. The molecule has 0 bridgehead atoms. The first-order valence-corrected chi connectivity index (χ1v) is 8.08. The molecule has 1 amide bonds. The van der Waals surface area contributed by atoms with Crippen molar-refractivity contribution in [1.82, 2.24) is 9.97 Å². The van der Waals surface area contributed by atoms with Crippen LogP contribution in [0.5, 0.6) is 0 Å². The Labute approximate surface area is 155 Å².